The van der Waals surface area contributed by atoms with Crippen molar-refractivity contribution >= 4 is 15.9 Å². The fourth-order valence-corrected chi connectivity index (χ4v) is 2.33. The number of benzene rings is 2. The van der Waals surface area contributed by atoms with Crippen LogP contribution in [0.15, 0.2) is 46.9 Å². The number of hydrogen-bond donors (Lipinski definition) is 2. The number of nitrogens with two attached hydrogens (primary N) is 1. The van der Waals surface area contributed by atoms with Gasteiger partial charge in [0.2, 0.25) is 0 Å². The van der Waals surface area contributed by atoms with Gasteiger partial charge in [-0.25, -0.2) is 8.78 Å². The molecule has 0 bridgehead atoms. The summed E-state index contributed by atoms with van der Waals surface area (Å²) in [4.78, 5) is 0. The average molecular weight is 327 g/mol. The first-order valence-corrected chi connectivity index (χ1v) is 6.55. The molecule has 0 fully saturated rings. The molecule has 5 heteroatoms. The van der Waals surface area contributed by atoms with E-state index in [4.69, 9.17) is 5.84 Å². The maximum atomic E-state index is 13.2. The molecule has 1 atom stereocenters. The van der Waals surface area contributed by atoms with Gasteiger partial charge in [0.1, 0.15) is 0 Å². The molecule has 0 aliphatic carbocycles. The molecule has 100 valence electrons. The summed E-state index contributed by atoms with van der Waals surface area (Å²) in [6, 6.07) is 11.2. The van der Waals surface area contributed by atoms with E-state index < -0.39 is 11.6 Å². The number of hydrazine groups is 1. The summed E-state index contributed by atoms with van der Waals surface area (Å²) in [5.41, 5.74) is 4.28. The van der Waals surface area contributed by atoms with Gasteiger partial charge in [-0.15, -0.1) is 0 Å². The summed E-state index contributed by atoms with van der Waals surface area (Å²) >= 11 is 3.45. The lowest BCUT2D eigenvalue weighted by Crippen LogP contribution is -2.29. The topological polar surface area (TPSA) is 38.0 Å². The first-order chi connectivity index (χ1) is 9.11. The molecule has 19 heavy (non-hydrogen) atoms. The van der Waals surface area contributed by atoms with Crippen molar-refractivity contribution in [1.29, 1.82) is 0 Å². The molecule has 0 aromatic heterocycles. The second-order valence-corrected chi connectivity index (χ2v) is 5.04. The SMILES string of the molecule is NNC(Cc1ccccc1Br)c1ccc(F)c(F)c1. The predicted molar refractivity (Wildman–Crippen MR) is 74.3 cm³/mol. The smallest absolute Gasteiger partial charge is 0.159 e. The number of hydrogen-bond acceptors (Lipinski definition) is 2. The van der Waals surface area contributed by atoms with Crippen LogP contribution in [-0.4, -0.2) is 0 Å². The van der Waals surface area contributed by atoms with Gasteiger partial charge >= 0.3 is 0 Å². The first kappa shape index (κ1) is 14.1. The van der Waals surface area contributed by atoms with Gasteiger partial charge in [0.15, 0.2) is 11.6 Å². The molecule has 2 aromatic carbocycles. The molecular weight excluding hydrogens is 314 g/mol. The van der Waals surface area contributed by atoms with Gasteiger partial charge in [0.25, 0.3) is 0 Å². The molecule has 0 radical (unpaired) electrons. The van der Waals surface area contributed by atoms with Gasteiger partial charge < -0.3 is 0 Å². The van der Waals surface area contributed by atoms with E-state index in [1.165, 1.54) is 6.07 Å². The number of nitrogens with one attached hydrogen (secondary N) is 1. The summed E-state index contributed by atoms with van der Waals surface area (Å²) < 4.78 is 27.1. The zero-order chi connectivity index (χ0) is 13.8. The van der Waals surface area contributed by atoms with Crippen molar-refractivity contribution in [1.82, 2.24) is 5.43 Å². The lowest BCUT2D eigenvalue weighted by molar-refractivity contribution is 0.497. The number of rotatable bonds is 4. The number of halogens is 3. The second kappa shape index (κ2) is 6.23. The molecule has 1 unspecified atom stereocenters. The molecule has 2 rings (SSSR count). The van der Waals surface area contributed by atoms with Crippen molar-refractivity contribution in [2.24, 2.45) is 5.84 Å². The fraction of sp³-hybridized carbons (Fsp3) is 0.143. The lowest BCUT2D eigenvalue weighted by atomic mass is 9.99. The molecule has 0 spiro atoms. The quantitative estimate of drug-likeness (QED) is 0.667. The highest BCUT2D eigenvalue weighted by Gasteiger charge is 2.14. The van der Waals surface area contributed by atoms with E-state index in [-0.39, 0.29) is 6.04 Å². The van der Waals surface area contributed by atoms with Gasteiger partial charge in [-0.1, -0.05) is 40.2 Å². The van der Waals surface area contributed by atoms with Crippen molar-refractivity contribution in [2.45, 2.75) is 12.5 Å². The van der Waals surface area contributed by atoms with Crippen LogP contribution < -0.4 is 11.3 Å². The maximum Gasteiger partial charge on any atom is 0.159 e. The third kappa shape index (κ3) is 3.37. The van der Waals surface area contributed by atoms with E-state index in [2.05, 4.69) is 21.4 Å². The molecule has 0 aliphatic rings. The Morgan fingerprint density at radius 3 is 2.47 bits per heavy atom. The predicted octanol–water partition coefficient (Wildman–Crippen LogP) is 3.47. The summed E-state index contributed by atoms with van der Waals surface area (Å²) in [7, 11) is 0. The Morgan fingerprint density at radius 1 is 1.11 bits per heavy atom. The van der Waals surface area contributed by atoms with E-state index in [0.29, 0.717) is 12.0 Å². The Bertz CT molecular complexity index is 575. The minimum Gasteiger partial charge on any atom is -0.271 e. The van der Waals surface area contributed by atoms with Crippen molar-refractivity contribution in [3.8, 4) is 0 Å². The Labute approximate surface area is 118 Å². The molecule has 0 aliphatic heterocycles. The monoisotopic (exact) mass is 326 g/mol. The Morgan fingerprint density at radius 2 is 1.84 bits per heavy atom. The molecule has 0 heterocycles. The zero-order valence-corrected chi connectivity index (χ0v) is 11.6. The van der Waals surface area contributed by atoms with Gasteiger partial charge in [-0.05, 0) is 35.7 Å². The van der Waals surface area contributed by atoms with Gasteiger partial charge in [-0.3, -0.25) is 11.3 Å². The summed E-state index contributed by atoms with van der Waals surface area (Å²) in [6.45, 7) is 0. The van der Waals surface area contributed by atoms with E-state index >= 15 is 0 Å². The highest BCUT2D eigenvalue weighted by Crippen LogP contribution is 2.24. The van der Waals surface area contributed by atoms with Crippen LogP contribution in [0.25, 0.3) is 0 Å². The first-order valence-electron chi connectivity index (χ1n) is 5.76. The van der Waals surface area contributed by atoms with Crippen LogP contribution in [0.4, 0.5) is 8.78 Å². The van der Waals surface area contributed by atoms with Crippen molar-refractivity contribution in [2.75, 3.05) is 0 Å². The fourth-order valence-electron chi connectivity index (χ4n) is 1.89. The summed E-state index contributed by atoms with van der Waals surface area (Å²) in [5.74, 6) is 3.78. The minimum absolute atomic E-state index is 0.284. The van der Waals surface area contributed by atoms with Crippen LogP contribution in [-0.2, 0) is 6.42 Å². The standard InChI is InChI=1S/C14H13BrF2N2/c15-11-4-2-1-3-9(11)8-14(19-18)10-5-6-12(16)13(17)7-10/h1-7,14,19H,8,18H2. The van der Waals surface area contributed by atoms with Crippen LogP contribution in [0.5, 0.6) is 0 Å². The van der Waals surface area contributed by atoms with Gasteiger partial charge in [0.05, 0.1) is 6.04 Å². The van der Waals surface area contributed by atoms with Gasteiger partial charge in [-0.2, -0.15) is 0 Å². The lowest BCUT2D eigenvalue weighted by Gasteiger charge is -2.17. The third-order valence-corrected chi connectivity index (χ3v) is 3.70. The van der Waals surface area contributed by atoms with Crippen molar-refractivity contribution in [3.63, 3.8) is 0 Å². The van der Waals surface area contributed by atoms with Crippen LogP contribution in [0.1, 0.15) is 17.2 Å². The van der Waals surface area contributed by atoms with Crippen molar-refractivity contribution in [3.05, 3.63) is 69.7 Å². The highest BCUT2D eigenvalue weighted by molar-refractivity contribution is 9.10. The zero-order valence-electron chi connectivity index (χ0n) is 10.0. The molecule has 2 nitrogen and oxygen atoms in total. The van der Waals surface area contributed by atoms with E-state index in [9.17, 15) is 8.78 Å². The Kier molecular flexibility index (Phi) is 4.63. The summed E-state index contributed by atoms with van der Waals surface area (Å²) in [6.07, 6.45) is 0.572. The largest absolute Gasteiger partial charge is 0.271 e. The molecule has 0 amide bonds. The van der Waals surface area contributed by atoms with E-state index in [1.54, 1.807) is 0 Å². The van der Waals surface area contributed by atoms with E-state index in [0.717, 1.165) is 22.2 Å². The Balaban J connectivity index is 2.25. The second-order valence-electron chi connectivity index (χ2n) is 4.19. The molecule has 0 saturated heterocycles. The molecular formula is C14H13BrF2N2. The van der Waals surface area contributed by atoms with Crippen LogP contribution in [0.2, 0.25) is 0 Å². The molecule has 2 aromatic rings. The molecule has 3 N–H and O–H groups in total. The highest BCUT2D eigenvalue weighted by atomic mass is 79.9. The minimum atomic E-state index is -0.870. The molecule has 0 saturated carbocycles. The normalized spacial score (nSPS) is 12.4. The van der Waals surface area contributed by atoms with E-state index in [1.807, 2.05) is 24.3 Å². The van der Waals surface area contributed by atoms with Crippen LogP contribution in [0.3, 0.4) is 0 Å². The maximum absolute atomic E-state index is 13.2. The van der Waals surface area contributed by atoms with Gasteiger partial charge in [0, 0.05) is 4.47 Å². The Hall–Kier alpha value is -1.30. The third-order valence-electron chi connectivity index (χ3n) is 2.93. The summed E-state index contributed by atoms with van der Waals surface area (Å²) in [5, 5.41) is 0. The average Bonchev–Trinajstić information content (AvgIpc) is 2.41. The van der Waals surface area contributed by atoms with Crippen LogP contribution >= 0.6 is 15.9 Å². The van der Waals surface area contributed by atoms with Crippen LogP contribution in [0, 0.1) is 11.6 Å². The van der Waals surface area contributed by atoms with Crippen molar-refractivity contribution < 1.29 is 8.78 Å².